The molecule has 0 fully saturated rings. The van der Waals surface area contributed by atoms with Gasteiger partial charge in [0, 0.05) is 36.2 Å². The van der Waals surface area contributed by atoms with Gasteiger partial charge in [0.05, 0.1) is 14.2 Å². The van der Waals surface area contributed by atoms with Crippen molar-refractivity contribution in [3.63, 3.8) is 0 Å². The van der Waals surface area contributed by atoms with Crippen LogP contribution >= 0.6 is 22.7 Å². The number of aryl methyl sites for hydroxylation is 2. The second-order valence-electron chi connectivity index (χ2n) is 9.50. The monoisotopic (exact) mass is 594 g/mol. The van der Waals surface area contributed by atoms with E-state index in [9.17, 15) is 0 Å². The largest absolute Gasteiger partial charge is 0.497 e. The molecule has 210 valence electrons. The van der Waals surface area contributed by atoms with E-state index in [1.807, 2.05) is 0 Å². The van der Waals surface area contributed by atoms with Crippen molar-refractivity contribution in [3.05, 3.63) is 81.0 Å². The smallest absolute Gasteiger partial charge is 0.380 e. The van der Waals surface area contributed by atoms with Crippen LogP contribution in [0.25, 0.3) is 32.0 Å². The van der Waals surface area contributed by atoms with E-state index in [-0.39, 0.29) is 26.4 Å². The molecule has 2 aromatic carbocycles. The number of ether oxygens (including phenoxy) is 2. The Morgan fingerprint density at radius 1 is 0.625 bits per heavy atom. The summed E-state index contributed by atoms with van der Waals surface area (Å²) >= 11 is 2.17. The minimum atomic E-state index is -5.62. The van der Waals surface area contributed by atoms with Crippen LogP contribution in [0.5, 0.6) is 11.5 Å². The Hall–Kier alpha value is -3.24. The van der Waals surface area contributed by atoms with E-state index in [2.05, 4.69) is 0 Å². The molecule has 2 heterocycles. The second kappa shape index (κ2) is 9.69. The average Bonchev–Trinajstić information content (AvgIpc) is 3.47. The molecule has 0 spiro atoms. The van der Waals surface area contributed by atoms with Crippen LogP contribution in [0.2, 0.25) is 0 Å². The quantitative estimate of drug-likeness (QED) is 0.207. The number of benzene rings is 2. The summed E-state index contributed by atoms with van der Waals surface area (Å²) in [6, 6.07) is 14.8. The van der Waals surface area contributed by atoms with Crippen molar-refractivity contribution < 1.29 is 35.8 Å². The van der Waals surface area contributed by atoms with Gasteiger partial charge in [0.25, 0.3) is 0 Å². The van der Waals surface area contributed by atoms with Crippen LogP contribution < -0.4 is 9.47 Å². The van der Waals surface area contributed by atoms with Crippen LogP contribution in [-0.2, 0) is 0 Å². The highest BCUT2D eigenvalue weighted by molar-refractivity contribution is 7.16. The molecule has 0 amide bonds. The van der Waals surface area contributed by atoms with Gasteiger partial charge in [-0.25, -0.2) is 0 Å². The molecular weight excluding hydrogens is 570 g/mol. The molecule has 0 N–H and O–H groups in total. The van der Waals surface area contributed by atoms with Crippen molar-refractivity contribution in [3.8, 4) is 32.4 Å². The van der Waals surface area contributed by atoms with E-state index in [0.717, 1.165) is 22.7 Å². The maximum atomic E-state index is 15.6. The zero-order chi connectivity index (χ0) is 29.2. The lowest BCUT2D eigenvalue weighted by atomic mass is 9.91. The SMILES string of the molecule is COc1ccc(-c2cc(C3=C(c4c(C)sc(-c5ccc(OC)cc5)c4C)C(F)(F)C(F)(F)C3(F)F)c(C)s2)cc1. The Balaban J connectivity index is 1.76. The fourth-order valence-corrected chi connectivity index (χ4v) is 7.28. The summed E-state index contributed by atoms with van der Waals surface area (Å²) in [5, 5.41) is 0. The van der Waals surface area contributed by atoms with Crippen LogP contribution in [-0.4, -0.2) is 32.0 Å². The molecule has 0 radical (unpaired) electrons. The first-order valence-electron chi connectivity index (χ1n) is 12.1. The van der Waals surface area contributed by atoms with Crippen molar-refractivity contribution in [2.24, 2.45) is 0 Å². The Kier molecular flexibility index (Phi) is 6.86. The van der Waals surface area contributed by atoms with Gasteiger partial charge in [0.2, 0.25) is 0 Å². The normalized spacial score (nSPS) is 17.4. The van der Waals surface area contributed by atoms with E-state index >= 15 is 26.3 Å². The molecule has 0 unspecified atom stereocenters. The molecular formula is C30H24F6O2S2. The number of methoxy groups -OCH3 is 2. The Labute approximate surface area is 235 Å². The molecule has 0 saturated heterocycles. The predicted molar refractivity (Wildman–Crippen MR) is 148 cm³/mol. The third-order valence-electron chi connectivity index (χ3n) is 7.15. The first kappa shape index (κ1) is 28.3. The third-order valence-corrected chi connectivity index (χ3v) is 9.51. The highest BCUT2D eigenvalue weighted by Crippen LogP contribution is 2.66. The summed E-state index contributed by atoms with van der Waals surface area (Å²) in [6.45, 7) is 4.45. The van der Waals surface area contributed by atoms with Gasteiger partial charge in [-0.3, -0.25) is 0 Å². The number of hydrogen-bond acceptors (Lipinski definition) is 4. The van der Waals surface area contributed by atoms with Crippen LogP contribution in [0.3, 0.4) is 0 Å². The zero-order valence-electron chi connectivity index (χ0n) is 22.1. The molecule has 1 aliphatic carbocycles. The van der Waals surface area contributed by atoms with Gasteiger partial charge in [-0.15, -0.1) is 22.7 Å². The fraction of sp³-hybridized carbons (Fsp3) is 0.267. The predicted octanol–water partition coefficient (Wildman–Crippen LogP) is 9.92. The van der Waals surface area contributed by atoms with Crippen molar-refractivity contribution in [1.29, 1.82) is 0 Å². The van der Waals surface area contributed by atoms with Gasteiger partial charge in [-0.1, -0.05) is 0 Å². The Bertz CT molecular complexity index is 1610. The fourth-order valence-electron chi connectivity index (χ4n) is 5.08. The minimum Gasteiger partial charge on any atom is -0.497 e. The number of hydrogen-bond donors (Lipinski definition) is 0. The summed E-state index contributed by atoms with van der Waals surface area (Å²) in [7, 11) is 2.99. The summed E-state index contributed by atoms with van der Waals surface area (Å²) in [6.07, 6.45) is 0. The van der Waals surface area contributed by atoms with Gasteiger partial charge in [-0.05, 0) is 97.6 Å². The van der Waals surface area contributed by atoms with Crippen LogP contribution in [0.1, 0.15) is 26.4 Å². The Morgan fingerprint density at radius 3 is 1.65 bits per heavy atom. The Morgan fingerprint density at radius 2 is 1.12 bits per heavy atom. The van der Waals surface area contributed by atoms with Gasteiger partial charge >= 0.3 is 17.8 Å². The topological polar surface area (TPSA) is 18.5 Å². The lowest BCUT2D eigenvalue weighted by molar-refractivity contribution is -0.254. The summed E-state index contributed by atoms with van der Waals surface area (Å²) in [5.74, 6) is -14.7. The van der Waals surface area contributed by atoms with Crippen LogP contribution in [0.4, 0.5) is 26.3 Å². The molecule has 40 heavy (non-hydrogen) atoms. The molecule has 0 atom stereocenters. The van der Waals surface area contributed by atoms with E-state index in [0.29, 0.717) is 32.4 Å². The van der Waals surface area contributed by atoms with Gasteiger partial charge < -0.3 is 9.47 Å². The van der Waals surface area contributed by atoms with E-state index in [4.69, 9.17) is 9.47 Å². The van der Waals surface area contributed by atoms with Crippen LogP contribution in [0, 0.1) is 20.8 Å². The minimum absolute atomic E-state index is 0.229. The summed E-state index contributed by atoms with van der Waals surface area (Å²) in [4.78, 5) is 1.48. The van der Waals surface area contributed by atoms with E-state index in [1.54, 1.807) is 48.5 Å². The number of alkyl halides is 6. The maximum absolute atomic E-state index is 15.6. The highest BCUT2D eigenvalue weighted by Gasteiger charge is 2.80. The van der Waals surface area contributed by atoms with E-state index < -0.39 is 28.9 Å². The van der Waals surface area contributed by atoms with Gasteiger partial charge in [-0.2, -0.15) is 26.3 Å². The van der Waals surface area contributed by atoms with Crippen molar-refractivity contribution in [2.75, 3.05) is 14.2 Å². The molecule has 0 bridgehead atoms. The highest BCUT2D eigenvalue weighted by atomic mass is 32.1. The van der Waals surface area contributed by atoms with E-state index in [1.165, 1.54) is 41.1 Å². The standard InChI is InChI=1S/C30H24F6O2S2/c1-15-24(17(3)40-27(15)19-8-12-21(38-5)13-9-19)26-25(28(31,32)30(35,36)29(26,33)34)22-14-23(39-16(22)2)18-6-10-20(37-4)11-7-18/h6-14H,1-5H3. The number of thiophene rings is 2. The van der Waals surface area contributed by atoms with Gasteiger partial charge in [0.15, 0.2) is 0 Å². The van der Waals surface area contributed by atoms with Crippen molar-refractivity contribution >= 4 is 33.8 Å². The first-order chi connectivity index (χ1) is 18.8. The molecule has 5 rings (SSSR count). The zero-order valence-corrected chi connectivity index (χ0v) is 23.7. The lowest BCUT2D eigenvalue weighted by Crippen LogP contribution is -2.49. The molecule has 0 aliphatic heterocycles. The molecule has 10 heteroatoms. The summed E-state index contributed by atoms with van der Waals surface area (Å²) in [5.41, 5.74) is -1.76. The molecule has 2 nitrogen and oxygen atoms in total. The molecule has 1 aliphatic rings. The summed E-state index contributed by atoms with van der Waals surface area (Å²) < 4.78 is 103. The number of halogens is 6. The number of rotatable bonds is 6. The van der Waals surface area contributed by atoms with Crippen LogP contribution in [0.15, 0.2) is 54.6 Å². The third kappa shape index (κ3) is 4.06. The van der Waals surface area contributed by atoms with Crippen molar-refractivity contribution in [2.45, 2.75) is 38.5 Å². The lowest BCUT2D eigenvalue weighted by Gasteiger charge is -2.26. The average molecular weight is 595 g/mol. The molecule has 4 aromatic rings. The molecule has 0 saturated carbocycles. The maximum Gasteiger partial charge on any atom is 0.380 e. The number of allylic oxidation sites excluding steroid dienone is 2. The van der Waals surface area contributed by atoms with Gasteiger partial charge in [0.1, 0.15) is 11.5 Å². The first-order valence-corrected chi connectivity index (χ1v) is 13.8. The molecule has 2 aromatic heterocycles. The van der Waals surface area contributed by atoms with Crippen molar-refractivity contribution in [1.82, 2.24) is 0 Å². The second-order valence-corrected chi connectivity index (χ2v) is 12.0.